The van der Waals surface area contributed by atoms with Crippen molar-refractivity contribution in [2.24, 2.45) is 7.05 Å². The number of rotatable bonds is 6. The van der Waals surface area contributed by atoms with E-state index in [0.717, 1.165) is 0 Å². The molecule has 4 aromatic rings. The zero-order valence-corrected chi connectivity index (χ0v) is 16.7. The van der Waals surface area contributed by atoms with Crippen molar-refractivity contribution in [2.75, 3.05) is 12.4 Å². The average molecular weight is 418 g/mol. The summed E-state index contributed by atoms with van der Waals surface area (Å²) in [6.07, 6.45) is 1.74. The Bertz CT molecular complexity index is 1230. The van der Waals surface area contributed by atoms with Crippen molar-refractivity contribution in [3.63, 3.8) is 0 Å². The number of carbonyl (C=O) groups is 2. The Hall–Kier alpha value is -4.47. The fraction of sp³-hybridized carbons (Fsp3) is 0.0952. The van der Waals surface area contributed by atoms with E-state index in [-0.39, 0.29) is 11.8 Å². The summed E-state index contributed by atoms with van der Waals surface area (Å²) < 4.78 is 12.4. The van der Waals surface area contributed by atoms with Crippen molar-refractivity contribution in [3.8, 4) is 22.9 Å². The van der Waals surface area contributed by atoms with Gasteiger partial charge < -0.3 is 19.9 Å². The SMILES string of the molecule is CNC(=O)c1nc(-c2ccc(Oc3cccc(C(=O)Nc4ccn(C)n4)c3)cc2)no1. The minimum Gasteiger partial charge on any atom is -0.457 e. The van der Waals surface area contributed by atoms with Crippen LogP contribution in [0.15, 0.2) is 65.3 Å². The van der Waals surface area contributed by atoms with Crippen LogP contribution in [0.25, 0.3) is 11.4 Å². The number of ether oxygens (including phenoxy) is 1. The van der Waals surface area contributed by atoms with Gasteiger partial charge in [-0.1, -0.05) is 11.2 Å². The molecule has 0 aliphatic heterocycles. The van der Waals surface area contributed by atoms with E-state index in [4.69, 9.17) is 9.26 Å². The molecule has 0 unspecified atom stereocenters. The summed E-state index contributed by atoms with van der Waals surface area (Å²) in [6.45, 7) is 0. The number of aromatic nitrogens is 4. The number of hydrogen-bond donors (Lipinski definition) is 2. The molecule has 0 atom stereocenters. The highest BCUT2D eigenvalue weighted by atomic mass is 16.5. The van der Waals surface area contributed by atoms with Crippen LogP contribution in [0.3, 0.4) is 0 Å². The molecular formula is C21H18N6O4. The summed E-state index contributed by atoms with van der Waals surface area (Å²) in [5, 5.41) is 13.1. The van der Waals surface area contributed by atoms with Gasteiger partial charge in [0.25, 0.3) is 5.91 Å². The number of nitrogens with one attached hydrogen (secondary N) is 2. The molecule has 0 saturated heterocycles. The number of nitrogens with zero attached hydrogens (tertiary/aromatic N) is 4. The van der Waals surface area contributed by atoms with Gasteiger partial charge in [-0.2, -0.15) is 10.1 Å². The third-order valence-electron chi connectivity index (χ3n) is 4.25. The van der Waals surface area contributed by atoms with Crippen LogP contribution in [0.5, 0.6) is 11.5 Å². The molecule has 2 aromatic heterocycles. The summed E-state index contributed by atoms with van der Waals surface area (Å²) in [4.78, 5) is 28.0. The molecule has 31 heavy (non-hydrogen) atoms. The molecule has 2 amide bonds. The first kappa shape index (κ1) is 19.8. The minimum atomic E-state index is -0.453. The summed E-state index contributed by atoms with van der Waals surface area (Å²) in [5.74, 6) is 0.963. The summed E-state index contributed by atoms with van der Waals surface area (Å²) in [6, 6.07) is 15.5. The summed E-state index contributed by atoms with van der Waals surface area (Å²) in [5.41, 5.74) is 1.10. The fourth-order valence-corrected chi connectivity index (χ4v) is 2.72. The minimum absolute atomic E-state index is 0.112. The van der Waals surface area contributed by atoms with E-state index >= 15 is 0 Å². The Kier molecular flexibility index (Phi) is 5.43. The van der Waals surface area contributed by atoms with Gasteiger partial charge in [-0.05, 0) is 42.5 Å². The standard InChI is InChI=1S/C21H18N6O4/c1-22-20(29)21-24-18(26-31-21)13-6-8-15(9-7-13)30-16-5-3-4-14(12-16)19(28)23-17-10-11-27(2)25-17/h3-12H,1-2H3,(H,22,29)(H,23,25,28). The van der Waals surface area contributed by atoms with Gasteiger partial charge in [0.05, 0.1) is 0 Å². The molecular weight excluding hydrogens is 400 g/mol. The van der Waals surface area contributed by atoms with Crippen LogP contribution in [0.1, 0.15) is 21.0 Å². The largest absolute Gasteiger partial charge is 0.457 e. The van der Waals surface area contributed by atoms with Crippen molar-refractivity contribution in [2.45, 2.75) is 0 Å². The Morgan fingerprint density at radius 3 is 2.55 bits per heavy atom. The number of anilines is 1. The van der Waals surface area contributed by atoms with Gasteiger partial charge in [0.2, 0.25) is 5.82 Å². The monoisotopic (exact) mass is 418 g/mol. The molecule has 0 aliphatic carbocycles. The van der Waals surface area contributed by atoms with Crippen LogP contribution in [0, 0.1) is 0 Å². The number of aryl methyl sites for hydroxylation is 1. The lowest BCUT2D eigenvalue weighted by Gasteiger charge is -2.08. The van der Waals surface area contributed by atoms with Crippen molar-refractivity contribution >= 4 is 17.6 Å². The van der Waals surface area contributed by atoms with Gasteiger partial charge in [-0.25, -0.2) is 0 Å². The second kappa shape index (κ2) is 8.49. The third-order valence-corrected chi connectivity index (χ3v) is 4.25. The van der Waals surface area contributed by atoms with Crippen LogP contribution in [0.4, 0.5) is 5.82 Å². The molecule has 0 aliphatic rings. The van der Waals surface area contributed by atoms with E-state index in [9.17, 15) is 9.59 Å². The molecule has 0 spiro atoms. The molecule has 0 bridgehead atoms. The maximum absolute atomic E-state index is 12.4. The number of amides is 2. The van der Waals surface area contributed by atoms with Crippen LogP contribution in [0.2, 0.25) is 0 Å². The van der Waals surface area contributed by atoms with Gasteiger partial charge >= 0.3 is 11.8 Å². The fourth-order valence-electron chi connectivity index (χ4n) is 2.72. The van der Waals surface area contributed by atoms with E-state index in [1.165, 1.54) is 7.05 Å². The molecule has 2 aromatic carbocycles. The first-order chi connectivity index (χ1) is 15.0. The van der Waals surface area contributed by atoms with Crippen LogP contribution < -0.4 is 15.4 Å². The maximum atomic E-state index is 12.4. The molecule has 4 rings (SSSR count). The van der Waals surface area contributed by atoms with E-state index in [2.05, 4.69) is 25.9 Å². The van der Waals surface area contributed by atoms with Crippen molar-refractivity contribution in [1.82, 2.24) is 25.2 Å². The highest BCUT2D eigenvalue weighted by Gasteiger charge is 2.15. The Morgan fingerprint density at radius 1 is 1.03 bits per heavy atom. The van der Waals surface area contributed by atoms with Crippen LogP contribution >= 0.6 is 0 Å². The smallest absolute Gasteiger partial charge is 0.316 e. The highest BCUT2D eigenvalue weighted by molar-refractivity contribution is 6.04. The van der Waals surface area contributed by atoms with Crippen molar-refractivity contribution in [3.05, 3.63) is 72.2 Å². The van der Waals surface area contributed by atoms with Crippen LogP contribution in [-0.4, -0.2) is 38.8 Å². The van der Waals surface area contributed by atoms with Gasteiger partial charge in [-0.3, -0.25) is 14.3 Å². The second-order valence-corrected chi connectivity index (χ2v) is 6.49. The lowest BCUT2D eigenvalue weighted by atomic mass is 10.2. The molecule has 10 heteroatoms. The predicted molar refractivity (Wildman–Crippen MR) is 111 cm³/mol. The molecule has 0 saturated carbocycles. The lowest BCUT2D eigenvalue weighted by molar-refractivity contribution is 0.0919. The molecule has 156 valence electrons. The predicted octanol–water partition coefficient (Wildman–Crippen LogP) is 2.87. The summed E-state index contributed by atoms with van der Waals surface area (Å²) in [7, 11) is 3.25. The number of benzene rings is 2. The first-order valence-electron chi connectivity index (χ1n) is 9.27. The Labute approximate surface area is 176 Å². The zero-order chi connectivity index (χ0) is 21.8. The molecule has 2 heterocycles. The topological polar surface area (TPSA) is 124 Å². The Morgan fingerprint density at radius 2 is 1.84 bits per heavy atom. The maximum Gasteiger partial charge on any atom is 0.316 e. The van der Waals surface area contributed by atoms with Gasteiger partial charge in [-0.15, -0.1) is 0 Å². The van der Waals surface area contributed by atoms with Gasteiger partial charge in [0.15, 0.2) is 5.82 Å². The van der Waals surface area contributed by atoms with E-state index in [0.29, 0.717) is 34.3 Å². The molecule has 0 radical (unpaired) electrons. The second-order valence-electron chi connectivity index (χ2n) is 6.49. The van der Waals surface area contributed by atoms with Crippen LogP contribution in [-0.2, 0) is 7.05 Å². The molecule has 10 nitrogen and oxygen atoms in total. The Balaban J connectivity index is 1.44. The normalized spacial score (nSPS) is 10.5. The van der Waals surface area contributed by atoms with E-state index in [1.54, 1.807) is 72.5 Å². The van der Waals surface area contributed by atoms with Gasteiger partial charge in [0, 0.05) is 37.5 Å². The average Bonchev–Trinajstić information content (AvgIpc) is 3.43. The van der Waals surface area contributed by atoms with E-state index < -0.39 is 5.91 Å². The lowest BCUT2D eigenvalue weighted by Crippen LogP contribution is -2.17. The highest BCUT2D eigenvalue weighted by Crippen LogP contribution is 2.25. The van der Waals surface area contributed by atoms with E-state index in [1.807, 2.05) is 0 Å². The third kappa shape index (κ3) is 4.58. The number of hydrogen-bond acceptors (Lipinski definition) is 7. The number of carbonyl (C=O) groups excluding carboxylic acids is 2. The van der Waals surface area contributed by atoms with Gasteiger partial charge in [0.1, 0.15) is 11.5 Å². The van der Waals surface area contributed by atoms with Crippen molar-refractivity contribution in [1.29, 1.82) is 0 Å². The quantitative estimate of drug-likeness (QED) is 0.493. The summed E-state index contributed by atoms with van der Waals surface area (Å²) >= 11 is 0. The van der Waals surface area contributed by atoms with Crippen molar-refractivity contribution < 1.29 is 18.8 Å². The first-order valence-corrected chi connectivity index (χ1v) is 9.27. The molecule has 2 N–H and O–H groups in total. The zero-order valence-electron chi connectivity index (χ0n) is 16.7. The molecule has 0 fully saturated rings.